The lowest BCUT2D eigenvalue weighted by atomic mass is 10.1. The first-order valence-corrected chi connectivity index (χ1v) is 5.40. The summed E-state index contributed by atoms with van der Waals surface area (Å²) < 4.78 is 0. The molecule has 0 aliphatic carbocycles. The average Bonchev–Trinajstić information content (AvgIpc) is 2.38. The zero-order valence-corrected chi connectivity index (χ0v) is 9.34. The minimum atomic E-state index is 0.248. The van der Waals surface area contributed by atoms with E-state index in [1.54, 1.807) is 0 Å². The number of aldehydes is 1. The summed E-state index contributed by atoms with van der Waals surface area (Å²) in [6, 6.07) is 10.1. The SMILES string of the molecule is Nc1nc(CCc2ccccc2)ncc1C=O. The van der Waals surface area contributed by atoms with Crippen molar-refractivity contribution < 1.29 is 4.79 Å². The molecule has 2 N–H and O–H groups in total. The zero-order chi connectivity index (χ0) is 12.1. The molecule has 1 aromatic heterocycles. The Balaban J connectivity index is 2.05. The second-order valence-electron chi connectivity index (χ2n) is 3.73. The van der Waals surface area contributed by atoms with Gasteiger partial charge < -0.3 is 5.73 Å². The van der Waals surface area contributed by atoms with E-state index in [9.17, 15) is 4.79 Å². The van der Waals surface area contributed by atoms with Crippen LogP contribution in [0.25, 0.3) is 0 Å². The van der Waals surface area contributed by atoms with Crippen LogP contribution in [0.3, 0.4) is 0 Å². The first kappa shape index (κ1) is 11.3. The van der Waals surface area contributed by atoms with Gasteiger partial charge in [0, 0.05) is 12.6 Å². The van der Waals surface area contributed by atoms with Crippen molar-refractivity contribution in [3.05, 3.63) is 53.5 Å². The summed E-state index contributed by atoms with van der Waals surface area (Å²) in [4.78, 5) is 18.8. The standard InChI is InChI=1S/C13H13N3O/c14-13-11(9-17)8-15-12(16-13)7-6-10-4-2-1-3-5-10/h1-5,8-9H,6-7H2,(H2,14,15,16). The molecule has 0 fully saturated rings. The molecular weight excluding hydrogens is 214 g/mol. The van der Waals surface area contributed by atoms with Crippen LogP contribution in [0.1, 0.15) is 21.7 Å². The molecule has 86 valence electrons. The van der Waals surface area contributed by atoms with Crippen LogP contribution in [-0.4, -0.2) is 16.3 Å². The van der Waals surface area contributed by atoms with E-state index >= 15 is 0 Å². The van der Waals surface area contributed by atoms with Gasteiger partial charge >= 0.3 is 0 Å². The van der Waals surface area contributed by atoms with Crippen molar-refractivity contribution in [3.63, 3.8) is 0 Å². The molecule has 0 spiro atoms. The number of nitrogen functional groups attached to an aromatic ring is 1. The normalized spacial score (nSPS) is 10.1. The molecule has 2 aromatic rings. The van der Waals surface area contributed by atoms with Gasteiger partial charge in [-0.2, -0.15) is 0 Å². The molecular formula is C13H13N3O. The Labute approximate surface area is 99.5 Å². The highest BCUT2D eigenvalue weighted by atomic mass is 16.1. The minimum absolute atomic E-state index is 0.248. The number of aryl methyl sites for hydroxylation is 2. The van der Waals surface area contributed by atoms with Crippen molar-refractivity contribution in [3.8, 4) is 0 Å². The molecule has 0 unspecified atom stereocenters. The first-order chi connectivity index (χ1) is 8.29. The Hall–Kier alpha value is -2.23. The van der Waals surface area contributed by atoms with Crippen LogP contribution in [0, 0.1) is 0 Å². The van der Waals surface area contributed by atoms with Crippen molar-refractivity contribution in [2.45, 2.75) is 12.8 Å². The molecule has 1 aromatic carbocycles. The van der Waals surface area contributed by atoms with Crippen LogP contribution in [0.5, 0.6) is 0 Å². The predicted molar refractivity (Wildman–Crippen MR) is 65.7 cm³/mol. The van der Waals surface area contributed by atoms with E-state index in [4.69, 9.17) is 5.73 Å². The molecule has 4 nitrogen and oxygen atoms in total. The number of hydrogen-bond donors (Lipinski definition) is 1. The molecule has 0 aliphatic heterocycles. The summed E-state index contributed by atoms with van der Waals surface area (Å²) in [6.45, 7) is 0. The van der Waals surface area contributed by atoms with Crippen molar-refractivity contribution in [2.75, 3.05) is 5.73 Å². The zero-order valence-electron chi connectivity index (χ0n) is 9.34. The van der Waals surface area contributed by atoms with Gasteiger partial charge in [0.1, 0.15) is 11.6 Å². The topological polar surface area (TPSA) is 68.9 Å². The smallest absolute Gasteiger partial charge is 0.155 e. The lowest BCUT2D eigenvalue weighted by Crippen LogP contribution is -2.04. The summed E-state index contributed by atoms with van der Waals surface area (Å²) in [7, 11) is 0. The van der Waals surface area contributed by atoms with E-state index in [2.05, 4.69) is 22.1 Å². The largest absolute Gasteiger partial charge is 0.383 e. The number of benzene rings is 1. The molecule has 0 amide bonds. The van der Waals surface area contributed by atoms with Crippen LogP contribution in [-0.2, 0) is 12.8 Å². The van der Waals surface area contributed by atoms with Crippen molar-refractivity contribution in [1.29, 1.82) is 0 Å². The molecule has 0 saturated heterocycles. The fraction of sp³-hybridized carbons (Fsp3) is 0.154. The lowest BCUT2D eigenvalue weighted by molar-refractivity contribution is 0.112. The maximum atomic E-state index is 10.6. The van der Waals surface area contributed by atoms with Gasteiger partial charge in [0.05, 0.1) is 5.56 Å². The number of carbonyl (C=O) groups is 1. The van der Waals surface area contributed by atoms with Gasteiger partial charge in [0.2, 0.25) is 0 Å². The molecule has 0 aliphatic rings. The number of carbonyl (C=O) groups excluding carboxylic acids is 1. The van der Waals surface area contributed by atoms with Crippen LogP contribution >= 0.6 is 0 Å². The van der Waals surface area contributed by atoms with Crippen molar-refractivity contribution in [1.82, 2.24) is 9.97 Å². The summed E-state index contributed by atoms with van der Waals surface area (Å²) >= 11 is 0. The van der Waals surface area contributed by atoms with E-state index in [-0.39, 0.29) is 5.82 Å². The first-order valence-electron chi connectivity index (χ1n) is 5.40. The number of nitrogens with zero attached hydrogens (tertiary/aromatic N) is 2. The average molecular weight is 227 g/mol. The minimum Gasteiger partial charge on any atom is -0.383 e. The summed E-state index contributed by atoms with van der Waals surface area (Å²) in [5.74, 6) is 0.912. The number of nitrogens with two attached hydrogens (primary N) is 1. The monoisotopic (exact) mass is 227 g/mol. The third-order valence-electron chi connectivity index (χ3n) is 2.51. The van der Waals surface area contributed by atoms with Crippen molar-refractivity contribution in [2.24, 2.45) is 0 Å². The van der Waals surface area contributed by atoms with E-state index < -0.39 is 0 Å². The molecule has 0 atom stereocenters. The van der Waals surface area contributed by atoms with E-state index in [0.717, 1.165) is 6.42 Å². The molecule has 0 bridgehead atoms. The van der Waals surface area contributed by atoms with Gasteiger partial charge in [-0.3, -0.25) is 4.79 Å². The van der Waals surface area contributed by atoms with Gasteiger partial charge in [-0.05, 0) is 12.0 Å². The summed E-state index contributed by atoms with van der Waals surface area (Å²) in [6.07, 6.45) is 3.71. The maximum Gasteiger partial charge on any atom is 0.155 e. The maximum absolute atomic E-state index is 10.6. The second kappa shape index (κ2) is 5.21. The van der Waals surface area contributed by atoms with E-state index in [1.165, 1.54) is 11.8 Å². The third kappa shape index (κ3) is 2.87. The number of aromatic nitrogens is 2. The molecule has 4 heteroatoms. The van der Waals surface area contributed by atoms with E-state index in [0.29, 0.717) is 24.1 Å². The quantitative estimate of drug-likeness (QED) is 0.806. The molecule has 0 saturated carbocycles. The second-order valence-corrected chi connectivity index (χ2v) is 3.73. The lowest BCUT2D eigenvalue weighted by Gasteiger charge is -2.02. The fourth-order valence-electron chi connectivity index (χ4n) is 1.55. The number of hydrogen-bond acceptors (Lipinski definition) is 4. The summed E-state index contributed by atoms with van der Waals surface area (Å²) in [5, 5.41) is 0. The third-order valence-corrected chi connectivity index (χ3v) is 2.51. The Morgan fingerprint density at radius 1 is 1.18 bits per heavy atom. The Bertz CT molecular complexity index is 511. The van der Waals surface area contributed by atoms with E-state index in [1.807, 2.05) is 18.2 Å². The molecule has 17 heavy (non-hydrogen) atoms. The number of anilines is 1. The van der Waals surface area contributed by atoms with Crippen molar-refractivity contribution >= 4 is 12.1 Å². The Kier molecular flexibility index (Phi) is 3.45. The van der Waals surface area contributed by atoms with Gasteiger partial charge in [-0.1, -0.05) is 30.3 Å². The van der Waals surface area contributed by atoms with Crippen LogP contribution in [0.4, 0.5) is 5.82 Å². The Morgan fingerprint density at radius 2 is 1.94 bits per heavy atom. The highest BCUT2D eigenvalue weighted by molar-refractivity contribution is 5.80. The number of rotatable bonds is 4. The van der Waals surface area contributed by atoms with Gasteiger partial charge in [-0.15, -0.1) is 0 Å². The fourth-order valence-corrected chi connectivity index (χ4v) is 1.55. The Morgan fingerprint density at radius 3 is 2.59 bits per heavy atom. The summed E-state index contributed by atoms with van der Waals surface area (Å²) in [5.41, 5.74) is 7.19. The highest BCUT2D eigenvalue weighted by Gasteiger charge is 2.03. The van der Waals surface area contributed by atoms with Gasteiger partial charge in [-0.25, -0.2) is 9.97 Å². The molecule has 2 rings (SSSR count). The predicted octanol–water partition coefficient (Wildman–Crippen LogP) is 1.66. The van der Waals surface area contributed by atoms with Crippen LogP contribution in [0.15, 0.2) is 36.5 Å². The van der Waals surface area contributed by atoms with Crippen LogP contribution < -0.4 is 5.73 Å². The van der Waals surface area contributed by atoms with Crippen LogP contribution in [0.2, 0.25) is 0 Å². The van der Waals surface area contributed by atoms with Gasteiger partial charge in [0.25, 0.3) is 0 Å². The van der Waals surface area contributed by atoms with Gasteiger partial charge in [0.15, 0.2) is 6.29 Å². The molecule has 1 heterocycles. The highest BCUT2D eigenvalue weighted by Crippen LogP contribution is 2.07. The molecule has 0 radical (unpaired) electrons.